The molecule has 24 heavy (non-hydrogen) atoms. The van der Waals surface area contributed by atoms with Crippen LogP contribution in [0, 0.1) is 0 Å². The molecule has 1 amide bonds. The molecule has 1 N–H and O–H groups in total. The van der Waals surface area contributed by atoms with Crippen molar-refractivity contribution in [1.82, 2.24) is 0 Å². The van der Waals surface area contributed by atoms with E-state index in [1.807, 2.05) is 30.5 Å². The second-order valence-electron chi connectivity index (χ2n) is 5.47. The first-order valence-electron chi connectivity index (χ1n) is 7.55. The molecule has 1 saturated heterocycles. The number of amides is 1. The predicted molar refractivity (Wildman–Crippen MR) is 98.4 cm³/mol. The van der Waals surface area contributed by atoms with Crippen molar-refractivity contribution in [3.63, 3.8) is 0 Å². The zero-order valence-electron chi connectivity index (χ0n) is 13.2. The summed E-state index contributed by atoms with van der Waals surface area (Å²) in [6.07, 6.45) is 2.60. The first-order valence-corrected chi connectivity index (χ1v) is 10.4. The number of sulfonamides is 1. The molecule has 7 heteroatoms. The number of anilines is 2. The fourth-order valence-electron chi connectivity index (χ4n) is 2.61. The van der Waals surface area contributed by atoms with E-state index < -0.39 is 10.0 Å². The fraction of sp³-hybridized carbons (Fsp3) is 0.235. The van der Waals surface area contributed by atoms with Crippen molar-refractivity contribution >= 4 is 39.1 Å². The quantitative estimate of drug-likeness (QED) is 0.848. The summed E-state index contributed by atoms with van der Waals surface area (Å²) in [5, 5.41) is 2.83. The number of thioether (sulfide) groups is 1. The van der Waals surface area contributed by atoms with Crippen LogP contribution in [0.2, 0.25) is 0 Å². The third-order valence-electron chi connectivity index (χ3n) is 3.84. The van der Waals surface area contributed by atoms with Gasteiger partial charge in [0, 0.05) is 22.7 Å². The highest BCUT2D eigenvalue weighted by molar-refractivity contribution is 7.98. The van der Waals surface area contributed by atoms with Crippen molar-refractivity contribution in [2.75, 3.05) is 28.2 Å². The van der Waals surface area contributed by atoms with Gasteiger partial charge in [-0.2, -0.15) is 0 Å². The Morgan fingerprint density at radius 2 is 1.92 bits per heavy atom. The summed E-state index contributed by atoms with van der Waals surface area (Å²) in [6.45, 7) is 0.462. The maximum Gasteiger partial charge on any atom is 0.255 e. The van der Waals surface area contributed by atoms with E-state index in [9.17, 15) is 13.2 Å². The van der Waals surface area contributed by atoms with Gasteiger partial charge in [0.2, 0.25) is 10.0 Å². The molecular weight excluding hydrogens is 344 g/mol. The molecule has 0 spiro atoms. The monoisotopic (exact) mass is 362 g/mol. The largest absolute Gasteiger partial charge is 0.322 e. The van der Waals surface area contributed by atoms with Crippen molar-refractivity contribution in [2.24, 2.45) is 0 Å². The zero-order valence-corrected chi connectivity index (χ0v) is 14.9. The first-order chi connectivity index (χ1) is 11.5. The normalized spacial score (nSPS) is 16.1. The maximum absolute atomic E-state index is 12.4. The van der Waals surface area contributed by atoms with Gasteiger partial charge in [-0.1, -0.05) is 6.07 Å². The van der Waals surface area contributed by atoms with Gasteiger partial charge in [0.05, 0.1) is 11.4 Å². The molecule has 1 aliphatic heterocycles. The van der Waals surface area contributed by atoms with Crippen molar-refractivity contribution < 1.29 is 13.2 Å². The standard InChI is InChI=1S/C17H18N2O3S2/c1-23-16-8-6-14(7-9-16)18-17(20)13-4-2-5-15(12-13)19-10-3-11-24(19,21)22/h2,4-9,12H,3,10-11H2,1H3,(H,18,20). The summed E-state index contributed by atoms with van der Waals surface area (Å²) in [5.74, 6) is -0.101. The van der Waals surface area contributed by atoms with Crippen LogP contribution in [0.4, 0.5) is 11.4 Å². The zero-order chi connectivity index (χ0) is 17.2. The highest BCUT2D eigenvalue weighted by Crippen LogP contribution is 2.25. The van der Waals surface area contributed by atoms with Gasteiger partial charge < -0.3 is 5.32 Å². The van der Waals surface area contributed by atoms with Crippen molar-refractivity contribution in [1.29, 1.82) is 0 Å². The first kappa shape index (κ1) is 16.9. The molecule has 0 bridgehead atoms. The average molecular weight is 362 g/mol. The second kappa shape index (κ2) is 6.86. The number of carbonyl (C=O) groups is 1. The van der Waals surface area contributed by atoms with E-state index in [4.69, 9.17) is 0 Å². The summed E-state index contributed by atoms with van der Waals surface area (Å²) in [5.41, 5.74) is 1.68. The number of benzene rings is 2. The Morgan fingerprint density at radius 1 is 1.17 bits per heavy atom. The Morgan fingerprint density at radius 3 is 2.54 bits per heavy atom. The Hall–Kier alpha value is -1.99. The molecule has 0 saturated carbocycles. The third-order valence-corrected chi connectivity index (χ3v) is 6.46. The topological polar surface area (TPSA) is 66.5 Å². The molecule has 1 heterocycles. The van der Waals surface area contributed by atoms with Gasteiger partial charge >= 0.3 is 0 Å². The molecular formula is C17H18N2O3S2. The Balaban J connectivity index is 1.79. The summed E-state index contributed by atoms with van der Waals surface area (Å²) >= 11 is 1.63. The van der Waals surface area contributed by atoms with E-state index in [-0.39, 0.29) is 11.7 Å². The van der Waals surface area contributed by atoms with Crippen LogP contribution in [0.3, 0.4) is 0 Å². The van der Waals surface area contributed by atoms with E-state index >= 15 is 0 Å². The lowest BCUT2D eigenvalue weighted by molar-refractivity contribution is 0.102. The number of hydrogen-bond donors (Lipinski definition) is 1. The summed E-state index contributed by atoms with van der Waals surface area (Å²) in [6, 6.07) is 14.3. The molecule has 1 fully saturated rings. The molecule has 5 nitrogen and oxygen atoms in total. The van der Waals surface area contributed by atoms with Crippen LogP contribution >= 0.6 is 11.8 Å². The van der Waals surface area contributed by atoms with Gasteiger partial charge in [-0.25, -0.2) is 8.42 Å². The molecule has 0 unspecified atom stereocenters. The average Bonchev–Trinajstić information content (AvgIpc) is 2.95. The van der Waals surface area contributed by atoms with Crippen LogP contribution in [0.1, 0.15) is 16.8 Å². The summed E-state index contributed by atoms with van der Waals surface area (Å²) in [4.78, 5) is 13.5. The molecule has 0 aliphatic carbocycles. The lowest BCUT2D eigenvalue weighted by Gasteiger charge is -2.17. The van der Waals surface area contributed by atoms with Crippen LogP contribution in [-0.2, 0) is 10.0 Å². The van der Waals surface area contributed by atoms with Crippen molar-refractivity contribution in [3.8, 4) is 0 Å². The minimum absolute atomic E-state index is 0.158. The number of carbonyl (C=O) groups excluding carboxylic acids is 1. The molecule has 126 valence electrons. The van der Waals surface area contributed by atoms with E-state index in [2.05, 4.69) is 5.32 Å². The van der Waals surface area contributed by atoms with Crippen LogP contribution in [0.15, 0.2) is 53.4 Å². The number of rotatable bonds is 4. The Kier molecular flexibility index (Phi) is 4.82. The molecule has 0 aromatic heterocycles. The van der Waals surface area contributed by atoms with Gasteiger partial charge in [-0.15, -0.1) is 11.8 Å². The number of nitrogens with one attached hydrogen (secondary N) is 1. The predicted octanol–water partition coefficient (Wildman–Crippen LogP) is 3.20. The van der Waals surface area contributed by atoms with Gasteiger partial charge in [-0.3, -0.25) is 9.10 Å². The minimum atomic E-state index is -3.25. The van der Waals surface area contributed by atoms with Crippen molar-refractivity contribution in [3.05, 3.63) is 54.1 Å². The number of nitrogens with zero attached hydrogens (tertiary/aromatic N) is 1. The van der Waals surface area contributed by atoms with Gasteiger partial charge in [0.1, 0.15) is 0 Å². The van der Waals surface area contributed by atoms with Crippen LogP contribution in [0.25, 0.3) is 0 Å². The Labute approximate surface area is 146 Å². The fourth-order valence-corrected chi connectivity index (χ4v) is 4.57. The molecule has 0 atom stereocenters. The van der Waals surface area contributed by atoms with E-state index in [1.165, 1.54) is 4.31 Å². The van der Waals surface area contributed by atoms with Crippen LogP contribution in [0.5, 0.6) is 0 Å². The lowest BCUT2D eigenvalue weighted by atomic mass is 10.2. The van der Waals surface area contributed by atoms with Crippen molar-refractivity contribution in [2.45, 2.75) is 11.3 Å². The lowest BCUT2D eigenvalue weighted by Crippen LogP contribution is -2.25. The Bertz CT molecular complexity index is 848. The highest BCUT2D eigenvalue weighted by atomic mass is 32.2. The third kappa shape index (κ3) is 3.57. The van der Waals surface area contributed by atoms with E-state index in [1.54, 1.807) is 36.0 Å². The molecule has 2 aromatic rings. The minimum Gasteiger partial charge on any atom is -0.322 e. The smallest absolute Gasteiger partial charge is 0.255 e. The van der Waals surface area contributed by atoms with Crippen LogP contribution in [-0.4, -0.2) is 32.9 Å². The molecule has 1 aliphatic rings. The summed E-state index contributed by atoms with van der Waals surface area (Å²) in [7, 11) is -3.25. The van der Waals surface area contributed by atoms with E-state index in [0.717, 1.165) is 4.90 Å². The maximum atomic E-state index is 12.4. The van der Waals surface area contributed by atoms with Crippen LogP contribution < -0.4 is 9.62 Å². The summed E-state index contributed by atoms with van der Waals surface area (Å²) < 4.78 is 25.4. The number of hydrogen-bond acceptors (Lipinski definition) is 4. The molecule has 2 aromatic carbocycles. The molecule has 0 radical (unpaired) electrons. The SMILES string of the molecule is CSc1ccc(NC(=O)c2cccc(N3CCCS3(=O)=O)c2)cc1. The van der Waals surface area contributed by atoms with E-state index in [0.29, 0.717) is 29.9 Å². The van der Waals surface area contributed by atoms with Gasteiger partial charge in [0.15, 0.2) is 0 Å². The second-order valence-corrected chi connectivity index (χ2v) is 8.37. The molecule has 3 rings (SSSR count). The van der Waals surface area contributed by atoms with Gasteiger partial charge in [-0.05, 0) is 55.1 Å². The highest BCUT2D eigenvalue weighted by Gasteiger charge is 2.28. The van der Waals surface area contributed by atoms with Gasteiger partial charge in [0.25, 0.3) is 5.91 Å².